The van der Waals surface area contributed by atoms with E-state index in [1.165, 1.54) is 5.56 Å². The summed E-state index contributed by atoms with van der Waals surface area (Å²) in [5.41, 5.74) is 0.488. The maximum Gasteiger partial charge on any atom is 0.410 e. The van der Waals surface area contributed by atoms with Crippen molar-refractivity contribution in [3.8, 4) is 0 Å². The van der Waals surface area contributed by atoms with Crippen LogP contribution in [0.25, 0.3) is 0 Å². The van der Waals surface area contributed by atoms with Crippen molar-refractivity contribution >= 4 is 6.09 Å². The second-order valence-corrected chi connectivity index (χ2v) is 9.64. The predicted octanol–water partition coefficient (Wildman–Crippen LogP) is 4.36. The lowest BCUT2D eigenvalue weighted by Gasteiger charge is -2.59. The van der Waals surface area contributed by atoms with E-state index in [9.17, 15) is 9.90 Å². The zero-order chi connectivity index (χ0) is 19.2. The fraction of sp³-hybridized carbons (Fsp3) is 0.682. The van der Waals surface area contributed by atoms with Crippen LogP contribution in [-0.2, 0) is 10.2 Å². The minimum Gasteiger partial charge on any atom is -0.444 e. The molecule has 3 rings (SSSR count). The third-order valence-electron chi connectivity index (χ3n) is 6.45. The van der Waals surface area contributed by atoms with E-state index in [0.29, 0.717) is 19.0 Å². The topological polar surface area (TPSA) is 49.8 Å². The largest absolute Gasteiger partial charge is 0.444 e. The van der Waals surface area contributed by atoms with Gasteiger partial charge in [0, 0.05) is 18.5 Å². The lowest BCUT2D eigenvalue weighted by Crippen LogP contribution is -2.62. The Morgan fingerprint density at radius 1 is 1.19 bits per heavy atom. The van der Waals surface area contributed by atoms with Gasteiger partial charge in [-0.05, 0) is 56.9 Å². The van der Waals surface area contributed by atoms with E-state index in [2.05, 4.69) is 38.1 Å². The number of piperidine rings is 1. The molecule has 2 unspecified atom stereocenters. The van der Waals surface area contributed by atoms with Gasteiger partial charge < -0.3 is 14.7 Å². The van der Waals surface area contributed by atoms with Crippen LogP contribution in [-0.4, -0.2) is 40.9 Å². The van der Waals surface area contributed by atoms with Gasteiger partial charge in [0.25, 0.3) is 0 Å². The van der Waals surface area contributed by atoms with Gasteiger partial charge in [0.2, 0.25) is 0 Å². The van der Waals surface area contributed by atoms with Crippen LogP contribution in [0.3, 0.4) is 0 Å². The summed E-state index contributed by atoms with van der Waals surface area (Å²) in [4.78, 5) is 14.6. The quantitative estimate of drug-likeness (QED) is 0.810. The number of hydrogen-bond acceptors (Lipinski definition) is 3. The first-order chi connectivity index (χ1) is 12.1. The SMILES string of the molecule is CC(C)(C)OC(=O)N1CC[C@@H]2C(c3ccccc3)(CCC(O)C2(C)C)C1. The molecule has 3 atom stereocenters. The van der Waals surface area contributed by atoms with Gasteiger partial charge in [0.15, 0.2) is 0 Å². The molecule has 4 heteroatoms. The van der Waals surface area contributed by atoms with Gasteiger partial charge in [-0.15, -0.1) is 0 Å². The molecule has 2 aliphatic rings. The Kier molecular flexibility index (Phi) is 4.85. The number of carbonyl (C=O) groups is 1. The lowest BCUT2D eigenvalue weighted by atomic mass is 9.50. The van der Waals surface area contributed by atoms with Crippen LogP contribution in [0.4, 0.5) is 4.79 Å². The summed E-state index contributed by atoms with van der Waals surface area (Å²) in [6, 6.07) is 10.5. The molecule has 2 fully saturated rings. The fourth-order valence-electron chi connectivity index (χ4n) is 5.12. The molecule has 1 N–H and O–H groups in total. The number of carbonyl (C=O) groups excluding carboxylic acids is 1. The molecule has 1 amide bonds. The molecule has 0 radical (unpaired) electrons. The molecule has 1 aromatic rings. The molecule has 144 valence electrons. The van der Waals surface area contributed by atoms with Crippen LogP contribution in [0.15, 0.2) is 30.3 Å². The first kappa shape index (κ1) is 19.2. The molecular formula is C22H33NO3. The summed E-state index contributed by atoms with van der Waals surface area (Å²) in [5, 5.41) is 10.7. The molecule has 1 saturated heterocycles. The smallest absolute Gasteiger partial charge is 0.410 e. The van der Waals surface area contributed by atoms with Crippen LogP contribution in [0.1, 0.15) is 59.4 Å². The third-order valence-corrected chi connectivity index (χ3v) is 6.45. The highest BCUT2D eigenvalue weighted by atomic mass is 16.6. The molecule has 1 aromatic carbocycles. The first-order valence-corrected chi connectivity index (χ1v) is 9.78. The second-order valence-electron chi connectivity index (χ2n) is 9.64. The van der Waals surface area contributed by atoms with Gasteiger partial charge in [-0.25, -0.2) is 4.79 Å². The zero-order valence-electron chi connectivity index (χ0n) is 16.8. The number of amides is 1. The number of aliphatic hydroxyl groups is 1. The van der Waals surface area contributed by atoms with Crippen molar-refractivity contribution in [2.75, 3.05) is 13.1 Å². The van der Waals surface area contributed by atoms with E-state index in [4.69, 9.17) is 4.74 Å². The number of likely N-dealkylation sites (tertiary alicyclic amines) is 1. The van der Waals surface area contributed by atoms with Crippen molar-refractivity contribution in [2.45, 2.75) is 71.0 Å². The van der Waals surface area contributed by atoms with Gasteiger partial charge in [-0.3, -0.25) is 0 Å². The van der Waals surface area contributed by atoms with Crippen molar-refractivity contribution in [1.82, 2.24) is 4.90 Å². The summed E-state index contributed by atoms with van der Waals surface area (Å²) >= 11 is 0. The van der Waals surface area contributed by atoms with E-state index in [1.54, 1.807) is 0 Å². The highest BCUT2D eigenvalue weighted by Crippen LogP contribution is 2.56. The Morgan fingerprint density at radius 2 is 1.85 bits per heavy atom. The average molecular weight is 360 g/mol. The molecule has 26 heavy (non-hydrogen) atoms. The van der Waals surface area contributed by atoms with E-state index in [1.807, 2.05) is 31.7 Å². The van der Waals surface area contributed by atoms with E-state index < -0.39 is 5.60 Å². The van der Waals surface area contributed by atoms with Gasteiger partial charge in [-0.1, -0.05) is 44.2 Å². The molecular weight excluding hydrogens is 326 g/mol. The maximum atomic E-state index is 12.7. The Labute approximate surface area is 157 Å². The summed E-state index contributed by atoms with van der Waals surface area (Å²) < 4.78 is 5.65. The molecule has 0 bridgehead atoms. The molecule has 1 aliphatic heterocycles. The standard InChI is InChI=1S/C22H33NO3/c1-20(2,3)26-19(25)23-14-12-17-21(4,5)18(24)11-13-22(17,15-23)16-9-7-6-8-10-16/h6-10,17-18,24H,11-15H2,1-5H3/t17-,18?,22?/m0/s1. The van der Waals surface area contributed by atoms with E-state index >= 15 is 0 Å². The minimum atomic E-state index is -0.490. The molecule has 0 spiro atoms. The number of hydrogen-bond donors (Lipinski definition) is 1. The van der Waals surface area contributed by atoms with Gasteiger partial charge in [0.1, 0.15) is 5.60 Å². The normalized spacial score (nSPS) is 31.2. The van der Waals surface area contributed by atoms with Crippen molar-refractivity contribution < 1.29 is 14.6 Å². The lowest BCUT2D eigenvalue weighted by molar-refractivity contribution is -0.101. The summed E-state index contributed by atoms with van der Waals surface area (Å²) in [5.74, 6) is 0.333. The number of rotatable bonds is 1. The minimum absolute atomic E-state index is 0.126. The Hall–Kier alpha value is -1.55. The third kappa shape index (κ3) is 3.36. The fourth-order valence-corrected chi connectivity index (χ4v) is 5.12. The molecule has 1 saturated carbocycles. The maximum absolute atomic E-state index is 12.7. The van der Waals surface area contributed by atoms with Gasteiger partial charge >= 0.3 is 6.09 Å². The summed E-state index contributed by atoms with van der Waals surface area (Å²) in [6.45, 7) is 11.4. The zero-order valence-corrected chi connectivity index (χ0v) is 16.8. The Balaban J connectivity index is 1.97. The first-order valence-electron chi connectivity index (χ1n) is 9.78. The number of benzene rings is 1. The Bertz CT molecular complexity index is 649. The molecule has 1 aliphatic carbocycles. The summed E-state index contributed by atoms with van der Waals surface area (Å²) in [6.07, 6.45) is 2.03. The van der Waals surface area contributed by atoms with Crippen LogP contribution < -0.4 is 0 Å². The number of aliphatic hydroxyl groups excluding tert-OH is 1. The van der Waals surface area contributed by atoms with Crippen LogP contribution in [0, 0.1) is 11.3 Å². The molecule has 0 aromatic heterocycles. The van der Waals surface area contributed by atoms with Crippen molar-refractivity contribution in [3.05, 3.63) is 35.9 Å². The molecule has 4 nitrogen and oxygen atoms in total. The number of nitrogens with zero attached hydrogens (tertiary/aromatic N) is 1. The highest BCUT2D eigenvalue weighted by molar-refractivity contribution is 5.68. The number of fused-ring (bicyclic) bond motifs is 1. The van der Waals surface area contributed by atoms with Crippen LogP contribution in [0.5, 0.6) is 0 Å². The van der Waals surface area contributed by atoms with E-state index in [0.717, 1.165) is 19.3 Å². The van der Waals surface area contributed by atoms with Gasteiger partial charge in [0.05, 0.1) is 6.10 Å². The second kappa shape index (κ2) is 6.56. The summed E-state index contributed by atoms with van der Waals surface area (Å²) in [7, 11) is 0. The van der Waals surface area contributed by atoms with Crippen molar-refractivity contribution in [3.63, 3.8) is 0 Å². The Morgan fingerprint density at radius 3 is 2.46 bits per heavy atom. The number of ether oxygens (including phenoxy) is 1. The molecule has 1 heterocycles. The predicted molar refractivity (Wildman–Crippen MR) is 103 cm³/mol. The van der Waals surface area contributed by atoms with Crippen molar-refractivity contribution in [1.29, 1.82) is 0 Å². The monoisotopic (exact) mass is 359 g/mol. The van der Waals surface area contributed by atoms with Crippen molar-refractivity contribution in [2.24, 2.45) is 11.3 Å². The van der Waals surface area contributed by atoms with Crippen LogP contribution in [0.2, 0.25) is 0 Å². The average Bonchev–Trinajstić information content (AvgIpc) is 2.57. The van der Waals surface area contributed by atoms with E-state index in [-0.39, 0.29) is 23.0 Å². The highest BCUT2D eigenvalue weighted by Gasteiger charge is 2.56. The van der Waals surface area contributed by atoms with Gasteiger partial charge in [-0.2, -0.15) is 0 Å². The van der Waals surface area contributed by atoms with Crippen LogP contribution >= 0.6 is 0 Å².